The summed E-state index contributed by atoms with van der Waals surface area (Å²) in [5, 5.41) is 5.50. The zero-order valence-electron chi connectivity index (χ0n) is 12.4. The summed E-state index contributed by atoms with van der Waals surface area (Å²) in [6.45, 7) is 0.680. The molecule has 0 unspecified atom stereocenters. The van der Waals surface area contributed by atoms with Crippen LogP contribution >= 0.6 is 0 Å². The molecule has 0 atom stereocenters. The lowest BCUT2D eigenvalue weighted by Gasteiger charge is -2.07. The van der Waals surface area contributed by atoms with Gasteiger partial charge in [0.15, 0.2) is 0 Å². The molecular formula is C15H23N3O3. The zero-order valence-corrected chi connectivity index (χ0v) is 12.4. The fourth-order valence-electron chi connectivity index (χ4n) is 1.80. The summed E-state index contributed by atoms with van der Waals surface area (Å²) >= 11 is 0. The smallest absolute Gasteiger partial charge is 0.250 e. The Labute approximate surface area is 125 Å². The molecule has 0 aliphatic rings. The maximum atomic E-state index is 11.7. The van der Waals surface area contributed by atoms with Crippen molar-refractivity contribution in [2.45, 2.75) is 25.7 Å². The van der Waals surface area contributed by atoms with Crippen molar-refractivity contribution < 1.29 is 14.3 Å². The quantitative estimate of drug-likeness (QED) is 0.604. The molecule has 6 nitrogen and oxygen atoms in total. The van der Waals surface area contributed by atoms with Gasteiger partial charge in [0, 0.05) is 24.9 Å². The highest BCUT2D eigenvalue weighted by Gasteiger charge is 2.04. The highest BCUT2D eigenvalue weighted by atomic mass is 16.5. The van der Waals surface area contributed by atoms with Gasteiger partial charge >= 0.3 is 0 Å². The minimum absolute atomic E-state index is 0.0109. The van der Waals surface area contributed by atoms with Gasteiger partial charge in [0.1, 0.15) is 6.61 Å². The van der Waals surface area contributed by atoms with Crippen molar-refractivity contribution in [1.29, 1.82) is 0 Å². The number of methoxy groups -OCH3 is 1. The maximum absolute atomic E-state index is 11.7. The molecule has 0 fully saturated rings. The van der Waals surface area contributed by atoms with Crippen molar-refractivity contribution in [3.63, 3.8) is 0 Å². The van der Waals surface area contributed by atoms with Crippen molar-refractivity contribution in [1.82, 2.24) is 0 Å². The molecule has 0 aliphatic heterocycles. The molecule has 0 aromatic heterocycles. The first-order chi connectivity index (χ1) is 10.2. The third kappa shape index (κ3) is 7.43. The van der Waals surface area contributed by atoms with Crippen molar-refractivity contribution in [2.24, 2.45) is 5.73 Å². The lowest BCUT2D eigenvalue weighted by molar-refractivity contribution is -0.119. The van der Waals surface area contributed by atoms with E-state index in [4.69, 9.17) is 10.5 Å². The molecule has 116 valence electrons. The number of nitrogens with one attached hydrogen (secondary N) is 2. The molecule has 0 spiro atoms. The van der Waals surface area contributed by atoms with Crippen LogP contribution < -0.4 is 16.4 Å². The third-order valence-corrected chi connectivity index (χ3v) is 2.84. The third-order valence-electron chi connectivity index (χ3n) is 2.84. The van der Waals surface area contributed by atoms with Gasteiger partial charge < -0.3 is 21.1 Å². The summed E-state index contributed by atoms with van der Waals surface area (Å²) in [6.07, 6.45) is 3.25. The number of nitrogens with two attached hydrogens (primary N) is 1. The SMILES string of the molecule is COCC(=O)Nc1ccc(NC(=O)CCCCCN)cc1. The van der Waals surface area contributed by atoms with Crippen LogP contribution in [0.3, 0.4) is 0 Å². The highest BCUT2D eigenvalue weighted by Crippen LogP contribution is 2.14. The van der Waals surface area contributed by atoms with Crippen LogP contribution in [-0.2, 0) is 14.3 Å². The number of rotatable bonds is 9. The largest absolute Gasteiger partial charge is 0.375 e. The highest BCUT2D eigenvalue weighted by molar-refractivity contribution is 5.93. The average molecular weight is 293 g/mol. The van der Waals surface area contributed by atoms with Gasteiger partial charge in [0.25, 0.3) is 0 Å². The Morgan fingerprint density at radius 3 is 2.10 bits per heavy atom. The van der Waals surface area contributed by atoms with Crippen molar-refractivity contribution >= 4 is 23.2 Å². The van der Waals surface area contributed by atoms with Gasteiger partial charge in [-0.3, -0.25) is 9.59 Å². The lowest BCUT2D eigenvalue weighted by Crippen LogP contribution is -2.17. The summed E-state index contributed by atoms with van der Waals surface area (Å²) < 4.78 is 4.73. The van der Waals surface area contributed by atoms with Gasteiger partial charge in [-0.25, -0.2) is 0 Å². The van der Waals surface area contributed by atoms with Gasteiger partial charge in [-0.15, -0.1) is 0 Å². The van der Waals surface area contributed by atoms with Gasteiger partial charge in [-0.05, 0) is 43.7 Å². The van der Waals surface area contributed by atoms with Crippen LogP contribution in [0.15, 0.2) is 24.3 Å². The molecule has 6 heteroatoms. The second-order valence-corrected chi connectivity index (χ2v) is 4.71. The summed E-state index contributed by atoms with van der Waals surface area (Å²) in [5.41, 5.74) is 6.77. The minimum Gasteiger partial charge on any atom is -0.375 e. The Balaban J connectivity index is 2.36. The molecule has 1 aromatic carbocycles. The fourth-order valence-corrected chi connectivity index (χ4v) is 1.80. The van der Waals surface area contributed by atoms with Crippen LogP contribution in [0.4, 0.5) is 11.4 Å². The summed E-state index contributed by atoms with van der Waals surface area (Å²) in [7, 11) is 1.46. The van der Waals surface area contributed by atoms with Crippen molar-refractivity contribution in [2.75, 3.05) is 30.9 Å². The molecule has 1 rings (SSSR count). The van der Waals surface area contributed by atoms with E-state index < -0.39 is 0 Å². The number of carbonyl (C=O) groups is 2. The van der Waals surface area contributed by atoms with E-state index in [9.17, 15) is 9.59 Å². The number of benzene rings is 1. The second kappa shape index (κ2) is 9.90. The van der Waals surface area contributed by atoms with Crippen LogP contribution in [-0.4, -0.2) is 32.1 Å². The van der Waals surface area contributed by atoms with Gasteiger partial charge in [-0.1, -0.05) is 6.42 Å². The standard InChI is InChI=1S/C15H23N3O3/c1-21-11-15(20)18-13-8-6-12(7-9-13)17-14(19)5-3-2-4-10-16/h6-9H,2-5,10-11,16H2,1H3,(H,17,19)(H,18,20). The molecule has 1 aromatic rings. The van der Waals surface area contributed by atoms with Crippen LogP contribution in [0.1, 0.15) is 25.7 Å². The first-order valence-electron chi connectivity index (χ1n) is 7.04. The van der Waals surface area contributed by atoms with E-state index in [1.165, 1.54) is 7.11 Å². The first kappa shape index (κ1) is 17.1. The summed E-state index contributed by atoms with van der Waals surface area (Å²) in [5.74, 6) is -0.225. The minimum atomic E-state index is -0.214. The van der Waals surface area contributed by atoms with E-state index in [0.717, 1.165) is 19.3 Å². The van der Waals surface area contributed by atoms with E-state index in [0.29, 0.717) is 24.3 Å². The number of anilines is 2. The number of hydrogen-bond acceptors (Lipinski definition) is 4. The molecule has 0 radical (unpaired) electrons. The summed E-state index contributed by atoms with van der Waals surface area (Å²) in [4.78, 5) is 23.0. The Morgan fingerprint density at radius 1 is 1.00 bits per heavy atom. The van der Waals surface area contributed by atoms with Crippen molar-refractivity contribution in [3.8, 4) is 0 Å². The Kier molecular flexibility index (Phi) is 8.08. The Hall–Kier alpha value is -1.92. The monoisotopic (exact) mass is 293 g/mol. The van der Waals surface area contributed by atoms with Gasteiger partial charge in [0.2, 0.25) is 11.8 Å². The van der Waals surface area contributed by atoms with Crippen molar-refractivity contribution in [3.05, 3.63) is 24.3 Å². The first-order valence-corrected chi connectivity index (χ1v) is 7.04. The normalized spacial score (nSPS) is 10.2. The van der Waals surface area contributed by atoms with Crippen LogP contribution in [0, 0.1) is 0 Å². The number of amides is 2. The molecule has 0 heterocycles. The van der Waals surface area contributed by atoms with Crippen LogP contribution in [0.2, 0.25) is 0 Å². The van der Waals surface area contributed by atoms with E-state index >= 15 is 0 Å². The maximum Gasteiger partial charge on any atom is 0.250 e. The Morgan fingerprint density at radius 2 is 1.57 bits per heavy atom. The zero-order chi connectivity index (χ0) is 15.5. The second-order valence-electron chi connectivity index (χ2n) is 4.71. The number of ether oxygens (including phenoxy) is 1. The number of carbonyl (C=O) groups excluding carboxylic acids is 2. The molecule has 2 amide bonds. The number of hydrogen-bond donors (Lipinski definition) is 3. The molecular weight excluding hydrogens is 270 g/mol. The van der Waals surface area contributed by atoms with Crippen LogP contribution in [0.5, 0.6) is 0 Å². The van der Waals surface area contributed by atoms with Gasteiger partial charge in [0.05, 0.1) is 0 Å². The molecule has 0 saturated heterocycles. The molecule has 4 N–H and O–H groups in total. The van der Waals surface area contributed by atoms with E-state index in [-0.39, 0.29) is 18.4 Å². The van der Waals surface area contributed by atoms with E-state index in [2.05, 4.69) is 10.6 Å². The molecule has 0 aliphatic carbocycles. The number of unbranched alkanes of at least 4 members (excludes halogenated alkanes) is 2. The summed E-state index contributed by atoms with van der Waals surface area (Å²) in [6, 6.07) is 6.97. The predicted octanol–water partition coefficient (Wildman–Crippen LogP) is 1.73. The predicted molar refractivity (Wildman–Crippen MR) is 83.1 cm³/mol. The Bertz CT molecular complexity index is 446. The fraction of sp³-hybridized carbons (Fsp3) is 0.467. The lowest BCUT2D eigenvalue weighted by atomic mass is 10.2. The average Bonchev–Trinajstić information content (AvgIpc) is 2.46. The van der Waals surface area contributed by atoms with Crippen LogP contribution in [0.25, 0.3) is 0 Å². The van der Waals surface area contributed by atoms with E-state index in [1.54, 1.807) is 24.3 Å². The molecule has 0 bridgehead atoms. The molecule has 0 saturated carbocycles. The van der Waals surface area contributed by atoms with E-state index in [1.807, 2.05) is 0 Å². The van der Waals surface area contributed by atoms with Gasteiger partial charge in [-0.2, -0.15) is 0 Å². The topological polar surface area (TPSA) is 93.5 Å². The molecule has 21 heavy (non-hydrogen) atoms.